The molecule has 118 valence electrons. The Hall–Kier alpha value is -3.29. The Labute approximate surface area is 134 Å². The third kappa shape index (κ3) is 2.28. The standard InChI is InChI=1S/C16H9F2N5O/c17-11-6-9-8-23(16(24)10(9)7-12(11)18)13-2-5-21-15(22-13)14-19-3-1-4-20-14/h1-7H,8H2. The van der Waals surface area contributed by atoms with Crippen molar-refractivity contribution in [1.82, 2.24) is 19.9 Å². The summed E-state index contributed by atoms with van der Waals surface area (Å²) >= 11 is 0. The summed E-state index contributed by atoms with van der Waals surface area (Å²) in [4.78, 5) is 30.3. The van der Waals surface area contributed by atoms with Gasteiger partial charge in [0, 0.05) is 24.2 Å². The fraction of sp³-hybridized carbons (Fsp3) is 0.0625. The Morgan fingerprint density at radius 2 is 1.67 bits per heavy atom. The molecule has 0 aliphatic carbocycles. The number of carbonyl (C=O) groups excluding carboxylic acids is 1. The van der Waals surface area contributed by atoms with Crippen LogP contribution in [0.4, 0.5) is 14.6 Å². The third-order valence-electron chi connectivity index (χ3n) is 3.63. The summed E-state index contributed by atoms with van der Waals surface area (Å²) in [6, 6.07) is 5.15. The average Bonchev–Trinajstić information content (AvgIpc) is 2.92. The van der Waals surface area contributed by atoms with Crippen molar-refractivity contribution in [3.05, 3.63) is 65.6 Å². The van der Waals surface area contributed by atoms with Crippen LogP contribution in [0, 0.1) is 11.6 Å². The lowest BCUT2D eigenvalue weighted by molar-refractivity contribution is 0.0995. The van der Waals surface area contributed by atoms with Gasteiger partial charge in [0.05, 0.1) is 6.54 Å². The molecule has 1 aromatic carbocycles. The zero-order chi connectivity index (χ0) is 16.7. The highest BCUT2D eigenvalue weighted by Crippen LogP contribution is 2.29. The molecule has 0 saturated carbocycles. The largest absolute Gasteiger partial charge is 0.288 e. The van der Waals surface area contributed by atoms with Gasteiger partial charge in [0.2, 0.25) is 0 Å². The number of aromatic nitrogens is 4. The Morgan fingerprint density at radius 3 is 2.46 bits per heavy atom. The highest BCUT2D eigenvalue weighted by Gasteiger charge is 2.31. The highest BCUT2D eigenvalue weighted by atomic mass is 19.2. The molecule has 1 aliphatic heterocycles. The van der Waals surface area contributed by atoms with Gasteiger partial charge in [0.15, 0.2) is 23.3 Å². The molecule has 3 aromatic rings. The molecule has 0 fully saturated rings. The fourth-order valence-corrected chi connectivity index (χ4v) is 2.51. The maximum Gasteiger partial charge on any atom is 0.260 e. The zero-order valence-corrected chi connectivity index (χ0v) is 12.1. The maximum absolute atomic E-state index is 13.4. The number of hydrogen-bond acceptors (Lipinski definition) is 5. The molecule has 8 heteroatoms. The Balaban J connectivity index is 1.72. The van der Waals surface area contributed by atoms with Crippen LogP contribution in [-0.2, 0) is 6.54 Å². The van der Waals surface area contributed by atoms with Crippen LogP contribution in [0.25, 0.3) is 11.6 Å². The lowest BCUT2D eigenvalue weighted by atomic mass is 10.1. The van der Waals surface area contributed by atoms with Crippen LogP contribution in [0.1, 0.15) is 15.9 Å². The predicted molar refractivity (Wildman–Crippen MR) is 79.9 cm³/mol. The van der Waals surface area contributed by atoms with Crippen molar-refractivity contribution in [1.29, 1.82) is 0 Å². The molecule has 0 N–H and O–H groups in total. The zero-order valence-electron chi connectivity index (χ0n) is 12.1. The van der Waals surface area contributed by atoms with E-state index in [4.69, 9.17) is 0 Å². The van der Waals surface area contributed by atoms with Crippen LogP contribution in [0.15, 0.2) is 42.9 Å². The molecule has 0 radical (unpaired) electrons. The lowest BCUT2D eigenvalue weighted by Gasteiger charge is -2.14. The van der Waals surface area contributed by atoms with Gasteiger partial charge in [-0.15, -0.1) is 0 Å². The number of rotatable bonds is 2. The van der Waals surface area contributed by atoms with Crippen LogP contribution in [0.2, 0.25) is 0 Å². The van der Waals surface area contributed by atoms with Gasteiger partial charge in [-0.3, -0.25) is 9.69 Å². The second-order valence-electron chi connectivity index (χ2n) is 5.13. The van der Waals surface area contributed by atoms with Gasteiger partial charge in [-0.25, -0.2) is 28.7 Å². The monoisotopic (exact) mass is 325 g/mol. The Bertz CT molecular complexity index is 948. The quantitative estimate of drug-likeness (QED) is 0.723. The van der Waals surface area contributed by atoms with Crippen molar-refractivity contribution in [3.63, 3.8) is 0 Å². The molecule has 3 heterocycles. The summed E-state index contributed by atoms with van der Waals surface area (Å²) in [5, 5.41) is 0. The van der Waals surface area contributed by atoms with E-state index in [1.54, 1.807) is 24.5 Å². The van der Waals surface area contributed by atoms with Crippen LogP contribution < -0.4 is 4.90 Å². The van der Waals surface area contributed by atoms with Crippen LogP contribution in [-0.4, -0.2) is 25.8 Å². The molecular weight excluding hydrogens is 316 g/mol. The number of benzene rings is 1. The second-order valence-corrected chi connectivity index (χ2v) is 5.13. The van der Waals surface area contributed by atoms with Crippen molar-refractivity contribution < 1.29 is 13.6 Å². The molecule has 6 nitrogen and oxygen atoms in total. The summed E-state index contributed by atoms with van der Waals surface area (Å²) < 4.78 is 26.7. The Kier molecular flexibility index (Phi) is 3.23. The Morgan fingerprint density at radius 1 is 0.958 bits per heavy atom. The number of nitrogens with zero attached hydrogens (tertiary/aromatic N) is 5. The summed E-state index contributed by atoms with van der Waals surface area (Å²) in [7, 11) is 0. The normalized spacial score (nSPS) is 13.2. The summed E-state index contributed by atoms with van der Waals surface area (Å²) in [6.07, 6.45) is 4.59. The summed E-state index contributed by atoms with van der Waals surface area (Å²) in [5.41, 5.74) is 0.542. The van der Waals surface area contributed by atoms with Gasteiger partial charge in [-0.1, -0.05) is 0 Å². The molecular formula is C16H9F2N5O. The summed E-state index contributed by atoms with van der Waals surface area (Å²) in [5.74, 6) is -1.58. The maximum atomic E-state index is 13.4. The minimum absolute atomic E-state index is 0.109. The van der Waals surface area contributed by atoms with E-state index >= 15 is 0 Å². The van der Waals surface area contributed by atoms with E-state index in [1.807, 2.05) is 0 Å². The van der Waals surface area contributed by atoms with E-state index in [0.717, 1.165) is 12.1 Å². The van der Waals surface area contributed by atoms with Gasteiger partial charge < -0.3 is 0 Å². The molecule has 0 atom stereocenters. The van der Waals surface area contributed by atoms with E-state index < -0.39 is 17.5 Å². The van der Waals surface area contributed by atoms with E-state index in [9.17, 15) is 13.6 Å². The van der Waals surface area contributed by atoms with Crippen molar-refractivity contribution >= 4 is 11.7 Å². The molecule has 0 saturated heterocycles. The van der Waals surface area contributed by atoms with Gasteiger partial charge in [0.1, 0.15) is 5.82 Å². The number of carbonyl (C=O) groups is 1. The second kappa shape index (κ2) is 5.41. The fourth-order valence-electron chi connectivity index (χ4n) is 2.51. The first-order chi connectivity index (χ1) is 11.6. The summed E-state index contributed by atoms with van der Waals surface area (Å²) in [6.45, 7) is 0.109. The van der Waals surface area contributed by atoms with Gasteiger partial charge in [-0.05, 0) is 29.8 Å². The first kappa shape index (κ1) is 14.3. The number of halogens is 2. The van der Waals surface area contributed by atoms with E-state index in [1.165, 1.54) is 11.1 Å². The van der Waals surface area contributed by atoms with E-state index in [0.29, 0.717) is 17.2 Å². The van der Waals surface area contributed by atoms with Gasteiger partial charge >= 0.3 is 0 Å². The van der Waals surface area contributed by atoms with Crippen molar-refractivity contribution in [2.45, 2.75) is 6.54 Å². The first-order valence-electron chi connectivity index (χ1n) is 7.04. The molecule has 0 spiro atoms. The van der Waals surface area contributed by atoms with Crippen LogP contribution >= 0.6 is 0 Å². The van der Waals surface area contributed by atoms with Crippen molar-refractivity contribution in [2.75, 3.05) is 4.90 Å². The van der Waals surface area contributed by atoms with Crippen LogP contribution in [0.5, 0.6) is 0 Å². The SMILES string of the molecule is O=C1c2cc(F)c(F)cc2CN1c1ccnc(-c2ncccn2)n1. The minimum Gasteiger partial charge on any atom is -0.288 e. The van der Waals surface area contributed by atoms with Crippen molar-refractivity contribution in [3.8, 4) is 11.6 Å². The van der Waals surface area contributed by atoms with E-state index in [-0.39, 0.29) is 17.9 Å². The third-order valence-corrected chi connectivity index (χ3v) is 3.63. The number of amides is 1. The minimum atomic E-state index is -1.05. The van der Waals surface area contributed by atoms with Crippen molar-refractivity contribution in [2.24, 2.45) is 0 Å². The first-order valence-corrected chi connectivity index (χ1v) is 7.04. The van der Waals surface area contributed by atoms with E-state index in [2.05, 4.69) is 19.9 Å². The molecule has 0 bridgehead atoms. The molecule has 0 unspecified atom stereocenters. The lowest BCUT2D eigenvalue weighted by Crippen LogP contribution is -2.24. The molecule has 1 amide bonds. The van der Waals surface area contributed by atoms with Crippen LogP contribution in [0.3, 0.4) is 0 Å². The van der Waals surface area contributed by atoms with Gasteiger partial charge in [0.25, 0.3) is 5.91 Å². The number of fused-ring (bicyclic) bond motifs is 1. The molecule has 2 aromatic heterocycles. The number of hydrogen-bond donors (Lipinski definition) is 0. The molecule has 24 heavy (non-hydrogen) atoms. The predicted octanol–water partition coefficient (Wildman–Crippen LogP) is 2.37. The number of anilines is 1. The molecule has 4 rings (SSSR count). The topological polar surface area (TPSA) is 71.9 Å². The average molecular weight is 325 g/mol. The van der Waals surface area contributed by atoms with Gasteiger partial charge in [-0.2, -0.15) is 0 Å². The highest BCUT2D eigenvalue weighted by molar-refractivity contribution is 6.09. The molecule has 1 aliphatic rings. The smallest absolute Gasteiger partial charge is 0.260 e.